The average molecular weight is 424 g/mol. The quantitative estimate of drug-likeness (QED) is 0.364. The summed E-state index contributed by atoms with van der Waals surface area (Å²) in [7, 11) is 0. The van der Waals surface area contributed by atoms with E-state index < -0.39 is 18.5 Å². The van der Waals surface area contributed by atoms with Crippen molar-refractivity contribution >= 4 is 18.5 Å². The standard InChI is InChI=1S/3CH2O3.Pu/c3*2-1(3)4;/h3*(H2,2,3,4);/p-6. The molecule has 10 heteroatoms. The molecule has 0 atom stereocenters. The Morgan fingerprint density at radius 1 is 0.538 bits per heavy atom. The minimum absolute atomic E-state index is 0. The SMILES string of the molecule is O=C([O-])[O-].O=C([O-])[O-].O=C([O-])[O-].[Pu]. The van der Waals surface area contributed by atoms with Crippen LogP contribution >= 0.6 is 0 Å². The van der Waals surface area contributed by atoms with Crippen molar-refractivity contribution in [2.45, 2.75) is 0 Å². The van der Waals surface area contributed by atoms with Crippen LogP contribution in [0.15, 0.2) is 0 Å². The summed E-state index contributed by atoms with van der Waals surface area (Å²) in [5, 5.41) is 50.0. The molecule has 0 aromatic heterocycles. The molecule has 0 aromatic rings. The van der Waals surface area contributed by atoms with E-state index >= 15 is 0 Å². The Kier molecular flexibility index (Phi) is 29.7. The van der Waals surface area contributed by atoms with E-state index in [1.54, 1.807) is 0 Å². The number of hydrogen-bond acceptors (Lipinski definition) is 9. The molecule has 0 fully saturated rings. The first-order valence-corrected chi connectivity index (χ1v) is 1.84. The average Bonchev–Trinajstić information content (AvgIpc) is 1.54. The van der Waals surface area contributed by atoms with Crippen LogP contribution < -0.4 is 30.6 Å². The number of hydrogen-bond donors (Lipinski definition) is 0. The van der Waals surface area contributed by atoms with Gasteiger partial charge in [0.2, 0.25) is 0 Å². The van der Waals surface area contributed by atoms with Crippen molar-refractivity contribution in [3.63, 3.8) is 0 Å². The van der Waals surface area contributed by atoms with Gasteiger partial charge in [0.15, 0.2) is 0 Å². The topological polar surface area (TPSA) is 190 Å². The summed E-state index contributed by atoms with van der Waals surface area (Å²) in [4.78, 5) is 25.0. The van der Waals surface area contributed by atoms with Crippen LogP contribution in [-0.2, 0) is 0 Å². The second-order valence-corrected chi connectivity index (χ2v) is 0.750. The van der Waals surface area contributed by atoms with Crippen LogP contribution in [0.3, 0.4) is 0 Å². The third-order valence-electron chi connectivity index (χ3n) is 0. The predicted molar refractivity (Wildman–Crippen MR) is 16.2 cm³/mol. The van der Waals surface area contributed by atoms with E-state index in [2.05, 4.69) is 0 Å². The fraction of sp³-hybridized carbons (Fsp3) is 0. The monoisotopic (exact) mass is 418 g/mol. The molecule has 0 amide bonds. The van der Waals surface area contributed by atoms with E-state index in [9.17, 15) is 0 Å². The summed E-state index contributed by atoms with van der Waals surface area (Å²) in [6.45, 7) is 0. The van der Waals surface area contributed by atoms with Gasteiger partial charge in [-0.1, -0.05) is 0 Å². The van der Waals surface area contributed by atoms with Crippen LogP contribution in [0.2, 0.25) is 0 Å². The molecule has 0 aromatic carbocycles. The van der Waals surface area contributed by atoms with Gasteiger partial charge in [0, 0.05) is 29.2 Å². The molecule has 0 heterocycles. The fourth-order valence-electron chi connectivity index (χ4n) is 0. The molecule has 78 valence electrons. The van der Waals surface area contributed by atoms with Gasteiger partial charge in [0.1, 0.15) is 0 Å². The summed E-state index contributed by atoms with van der Waals surface area (Å²) in [6, 6.07) is 0. The van der Waals surface area contributed by atoms with Gasteiger partial charge in [-0.25, -0.2) is 0 Å². The summed E-state index contributed by atoms with van der Waals surface area (Å²) in [5.74, 6) is 0. The number of carbonyl (C=O) groups is 3. The molecule has 0 N–H and O–H groups in total. The zero-order valence-corrected chi connectivity index (χ0v) is 8.98. The van der Waals surface area contributed by atoms with Crippen molar-refractivity contribution in [2.75, 3.05) is 0 Å². The molecule has 0 aliphatic rings. The smallest absolute Gasteiger partial charge is 0 e. The van der Waals surface area contributed by atoms with Gasteiger partial charge in [0.25, 0.3) is 0 Å². The van der Waals surface area contributed by atoms with E-state index in [0.29, 0.717) is 0 Å². The maximum Gasteiger partial charge on any atom is 0 e. The maximum absolute atomic E-state index is 8.33. The van der Waals surface area contributed by atoms with Crippen LogP contribution in [0.4, 0.5) is 14.4 Å². The normalized spacial score (nSPS) is 5.54. The van der Waals surface area contributed by atoms with Gasteiger partial charge in [-0.2, -0.15) is 0 Å². The van der Waals surface area contributed by atoms with Crippen molar-refractivity contribution in [3.05, 3.63) is 0 Å². The molecular weight excluding hydrogens is 424 g/mol. The van der Waals surface area contributed by atoms with Gasteiger partial charge >= 0.3 is 0 Å². The molecule has 0 aliphatic heterocycles. The van der Waals surface area contributed by atoms with Crippen LogP contribution in [0.1, 0.15) is 0 Å². The molecule has 0 radical (unpaired) electrons. The molecule has 0 spiro atoms. The Labute approximate surface area is 92.8 Å². The zero-order valence-electron chi connectivity index (χ0n) is 5.58. The van der Waals surface area contributed by atoms with Gasteiger partial charge in [0.05, 0.1) is 0 Å². The van der Waals surface area contributed by atoms with E-state index in [1.165, 1.54) is 0 Å². The van der Waals surface area contributed by atoms with E-state index in [-0.39, 0.29) is 29.2 Å². The predicted octanol–water partition coefficient (Wildman–Crippen LogP) is -7.34. The van der Waals surface area contributed by atoms with Gasteiger partial charge < -0.3 is 45.0 Å². The zero-order chi connectivity index (χ0) is 10.7. The summed E-state index contributed by atoms with van der Waals surface area (Å²) in [5.41, 5.74) is 0. The Bertz CT molecular complexity index is 112. The Balaban J connectivity index is -0.0000000450. The van der Waals surface area contributed by atoms with Crippen molar-refractivity contribution in [1.29, 1.82) is 0 Å². The fourth-order valence-corrected chi connectivity index (χ4v) is 0. The molecule has 0 saturated carbocycles. The molecule has 13 heavy (non-hydrogen) atoms. The molecule has 0 bridgehead atoms. The first kappa shape index (κ1) is 22.6. The maximum atomic E-state index is 8.33. The molecule has 0 unspecified atom stereocenters. The van der Waals surface area contributed by atoms with E-state index in [1.807, 2.05) is 0 Å². The van der Waals surface area contributed by atoms with Crippen molar-refractivity contribution in [3.8, 4) is 0 Å². The minimum Gasteiger partial charge on any atom is -0.652 e. The summed E-state index contributed by atoms with van der Waals surface area (Å²) in [6.07, 6.45) is -7.00. The van der Waals surface area contributed by atoms with Crippen molar-refractivity contribution in [1.82, 2.24) is 0 Å². The van der Waals surface area contributed by atoms with Crippen LogP contribution in [-0.4, -0.2) is 18.5 Å². The molecule has 0 saturated heterocycles. The number of rotatable bonds is 0. The first-order valence-electron chi connectivity index (χ1n) is 1.84. The van der Waals surface area contributed by atoms with Crippen LogP contribution in [0.25, 0.3) is 0 Å². The van der Waals surface area contributed by atoms with Gasteiger partial charge in [-0.05, 0) is 18.5 Å². The second kappa shape index (κ2) is 17.0. The Morgan fingerprint density at radius 2 is 0.538 bits per heavy atom. The first-order chi connectivity index (χ1) is 5.20. The van der Waals surface area contributed by atoms with E-state index in [4.69, 9.17) is 45.0 Å². The molecular formula is C3O9Pu-6. The summed E-state index contributed by atoms with van der Waals surface area (Å²) < 4.78 is 0. The third-order valence-corrected chi connectivity index (χ3v) is 0. The Morgan fingerprint density at radius 3 is 0.538 bits per heavy atom. The number of carboxylic acid groups (broad SMARTS) is 6. The molecule has 0 rings (SSSR count). The van der Waals surface area contributed by atoms with Crippen molar-refractivity contribution < 1.29 is 74.2 Å². The largest absolute Gasteiger partial charge is 0.652 e. The number of carbonyl (C=O) groups excluding carboxylic acids is 3. The van der Waals surface area contributed by atoms with Gasteiger partial charge in [-0.3, -0.25) is 0 Å². The molecule has 0 aliphatic carbocycles. The Hall–Kier alpha value is -1.20. The van der Waals surface area contributed by atoms with Gasteiger partial charge in [-0.15, -0.1) is 0 Å². The third kappa shape index (κ3) is 577. The van der Waals surface area contributed by atoms with Crippen molar-refractivity contribution in [2.24, 2.45) is 0 Å². The van der Waals surface area contributed by atoms with E-state index in [0.717, 1.165) is 0 Å². The second-order valence-electron chi connectivity index (χ2n) is 0.750. The van der Waals surface area contributed by atoms with Crippen LogP contribution in [0, 0.1) is 29.2 Å². The summed E-state index contributed by atoms with van der Waals surface area (Å²) >= 11 is 0. The minimum atomic E-state index is -2.33. The molecule has 9 nitrogen and oxygen atoms in total. The van der Waals surface area contributed by atoms with Crippen LogP contribution in [0.5, 0.6) is 0 Å².